The number of thiazole rings is 1. The second-order valence-corrected chi connectivity index (χ2v) is 3.61. The van der Waals surface area contributed by atoms with Crippen LogP contribution in [0.25, 0.3) is 10.6 Å². The van der Waals surface area contributed by atoms with Crippen LogP contribution in [0.2, 0.25) is 0 Å². The number of rotatable bonds is 2. The van der Waals surface area contributed by atoms with Gasteiger partial charge in [0.15, 0.2) is 5.69 Å². The molecule has 0 aliphatic heterocycles. The van der Waals surface area contributed by atoms with Gasteiger partial charge in [-0.15, -0.1) is 11.3 Å². The van der Waals surface area contributed by atoms with E-state index in [0.717, 1.165) is 0 Å². The molecular formula is C8H7N3O2S. The lowest BCUT2D eigenvalue weighted by molar-refractivity contribution is 0.0692. The Morgan fingerprint density at radius 1 is 1.57 bits per heavy atom. The van der Waals surface area contributed by atoms with Crippen molar-refractivity contribution in [2.45, 2.75) is 0 Å². The van der Waals surface area contributed by atoms with Crippen LogP contribution in [0.5, 0.6) is 0 Å². The van der Waals surface area contributed by atoms with Gasteiger partial charge in [-0.1, -0.05) is 0 Å². The van der Waals surface area contributed by atoms with Gasteiger partial charge in [0, 0.05) is 13.2 Å². The third kappa shape index (κ3) is 1.39. The first-order valence-electron chi connectivity index (χ1n) is 3.83. The van der Waals surface area contributed by atoms with E-state index in [9.17, 15) is 4.79 Å². The molecule has 0 amide bonds. The number of aromatic carboxylic acids is 1. The largest absolute Gasteiger partial charge is 0.476 e. The Kier molecular flexibility index (Phi) is 2.05. The van der Waals surface area contributed by atoms with Crippen LogP contribution in [0, 0.1) is 0 Å². The summed E-state index contributed by atoms with van der Waals surface area (Å²) in [6.45, 7) is 0. The van der Waals surface area contributed by atoms with Crippen LogP contribution in [0.1, 0.15) is 10.5 Å². The van der Waals surface area contributed by atoms with Gasteiger partial charge in [-0.3, -0.25) is 0 Å². The maximum Gasteiger partial charge on any atom is 0.356 e. The monoisotopic (exact) mass is 209 g/mol. The number of hydrogen-bond acceptors (Lipinski definition) is 4. The van der Waals surface area contributed by atoms with E-state index in [1.54, 1.807) is 17.1 Å². The van der Waals surface area contributed by atoms with Crippen molar-refractivity contribution in [3.63, 3.8) is 0 Å². The van der Waals surface area contributed by atoms with E-state index >= 15 is 0 Å². The molecule has 0 unspecified atom stereocenters. The van der Waals surface area contributed by atoms with Crippen LogP contribution >= 0.6 is 11.3 Å². The standard InChI is InChI=1S/C8H7N3O2S/c1-11-2-5(9-3-11)7-6(8(12)13)10-4-14-7/h2-4H,1H3,(H,12,13). The molecule has 0 saturated heterocycles. The fourth-order valence-corrected chi connectivity index (χ4v) is 1.85. The Labute approximate surface area is 83.7 Å². The van der Waals surface area contributed by atoms with Gasteiger partial charge >= 0.3 is 5.97 Å². The average molecular weight is 209 g/mol. The Morgan fingerprint density at radius 2 is 2.36 bits per heavy atom. The van der Waals surface area contributed by atoms with Crippen LogP contribution in [0.15, 0.2) is 18.0 Å². The summed E-state index contributed by atoms with van der Waals surface area (Å²) in [4.78, 5) is 19.2. The van der Waals surface area contributed by atoms with Crippen LogP contribution in [-0.2, 0) is 7.05 Å². The van der Waals surface area contributed by atoms with Gasteiger partial charge in [-0.25, -0.2) is 14.8 Å². The molecule has 5 nitrogen and oxygen atoms in total. The molecule has 0 aromatic carbocycles. The van der Waals surface area contributed by atoms with Crippen LogP contribution in [0.4, 0.5) is 0 Å². The average Bonchev–Trinajstić information content (AvgIpc) is 2.70. The van der Waals surface area contributed by atoms with E-state index in [4.69, 9.17) is 5.11 Å². The Bertz CT molecular complexity index is 474. The number of imidazole rings is 1. The predicted octanol–water partition coefficient (Wildman–Crippen LogP) is 1.24. The van der Waals surface area contributed by atoms with E-state index in [2.05, 4.69) is 9.97 Å². The van der Waals surface area contributed by atoms with Gasteiger partial charge in [0.25, 0.3) is 0 Å². The number of hydrogen-bond donors (Lipinski definition) is 1. The quantitative estimate of drug-likeness (QED) is 0.808. The molecule has 14 heavy (non-hydrogen) atoms. The molecule has 0 saturated carbocycles. The van der Waals surface area contributed by atoms with Gasteiger partial charge < -0.3 is 9.67 Å². The predicted molar refractivity (Wildman–Crippen MR) is 51.3 cm³/mol. The summed E-state index contributed by atoms with van der Waals surface area (Å²) in [6, 6.07) is 0. The van der Waals surface area contributed by atoms with Gasteiger partial charge in [0.05, 0.1) is 16.7 Å². The van der Waals surface area contributed by atoms with Crippen molar-refractivity contribution in [1.29, 1.82) is 0 Å². The Morgan fingerprint density at radius 3 is 2.93 bits per heavy atom. The molecule has 0 radical (unpaired) electrons. The second kappa shape index (κ2) is 3.22. The summed E-state index contributed by atoms with van der Waals surface area (Å²) in [5, 5.41) is 8.83. The minimum Gasteiger partial charge on any atom is -0.476 e. The Hall–Kier alpha value is -1.69. The summed E-state index contributed by atoms with van der Waals surface area (Å²) in [7, 11) is 1.83. The molecule has 0 spiro atoms. The van der Waals surface area contributed by atoms with E-state index in [0.29, 0.717) is 10.6 Å². The number of nitrogens with zero attached hydrogens (tertiary/aromatic N) is 3. The first-order valence-corrected chi connectivity index (χ1v) is 4.71. The molecular weight excluding hydrogens is 202 g/mol. The SMILES string of the molecule is Cn1cnc(-c2scnc2C(=O)O)c1. The van der Waals surface area contributed by atoms with Gasteiger partial charge in [0.1, 0.15) is 5.69 Å². The molecule has 2 rings (SSSR count). The summed E-state index contributed by atoms with van der Waals surface area (Å²) in [6.07, 6.45) is 3.39. The number of aromatic nitrogens is 3. The molecule has 0 bridgehead atoms. The first kappa shape index (κ1) is 8.89. The highest BCUT2D eigenvalue weighted by Crippen LogP contribution is 2.25. The smallest absolute Gasteiger partial charge is 0.356 e. The van der Waals surface area contributed by atoms with Gasteiger partial charge in [-0.05, 0) is 0 Å². The fraction of sp³-hybridized carbons (Fsp3) is 0.125. The zero-order chi connectivity index (χ0) is 10.1. The summed E-state index contributed by atoms with van der Waals surface area (Å²) >= 11 is 1.28. The molecule has 2 heterocycles. The molecule has 1 N–H and O–H groups in total. The van der Waals surface area contributed by atoms with Crippen molar-refractivity contribution >= 4 is 17.3 Å². The molecule has 2 aromatic rings. The highest BCUT2D eigenvalue weighted by Gasteiger charge is 2.16. The second-order valence-electron chi connectivity index (χ2n) is 2.76. The first-order chi connectivity index (χ1) is 6.68. The molecule has 0 aliphatic rings. The number of carboxylic acids is 1. The van der Waals surface area contributed by atoms with Crippen LogP contribution in [0.3, 0.4) is 0 Å². The zero-order valence-corrected chi connectivity index (χ0v) is 8.15. The van der Waals surface area contributed by atoms with Crippen LogP contribution in [-0.4, -0.2) is 25.6 Å². The lowest BCUT2D eigenvalue weighted by Crippen LogP contribution is -1.98. The maximum atomic E-state index is 10.8. The summed E-state index contributed by atoms with van der Waals surface area (Å²) < 4.78 is 1.76. The lowest BCUT2D eigenvalue weighted by Gasteiger charge is -1.92. The van der Waals surface area contributed by atoms with E-state index in [-0.39, 0.29) is 5.69 Å². The summed E-state index contributed by atoms with van der Waals surface area (Å²) in [5.74, 6) is -1.02. The van der Waals surface area contributed by atoms with Crippen molar-refractivity contribution < 1.29 is 9.90 Å². The van der Waals surface area contributed by atoms with Crippen molar-refractivity contribution in [2.75, 3.05) is 0 Å². The molecule has 0 atom stereocenters. The molecule has 2 aromatic heterocycles. The van der Waals surface area contributed by atoms with Gasteiger partial charge in [-0.2, -0.15) is 0 Å². The number of aryl methyl sites for hydroxylation is 1. The third-order valence-corrected chi connectivity index (χ3v) is 2.56. The molecule has 72 valence electrons. The fourth-order valence-electron chi connectivity index (χ4n) is 1.11. The number of carboxylic acid groups (broad SMARTS) is 1. The summed E-state index contributed by atoms with van der Waals surface area (Å²) in [5.41, 5.74) is 2.22. The Balaban J connectivity index is 2.51. The van der Waals surface area contributed by atoms with Crippen molar-refractivity contribution in [3.05, 3.63) is 23.7 Å². The van der Waals surface area contributed by atoms with Crippen molar-refractivity contribution in [1.82, 2.24) is 14.5 Å². The number of carbonyl (C=O) groups is 1. The normalized spacial score (nSPS) is 10.4. The molecule has 6 heteroatoms. The third-order valence-electron chi connectivity index (χ3n) is 1.71. The minimum atomic E-state index is -1.02. The van der Waals surface area contributed by atoms with Crippen LogP contribution < -0.4 is 0 Å². The minimum absolute atomic E-state index is 0.0636. The maximum absolute atomic E-state index is 10.8. The topological polar surface area (TPSA) is 68.0 Å². The van der Waals surface area contributed by atoms with E-state index in [1.807, 2.05) is 7.05 Å². The van der Waals surface area contributed by atoms with E-state index in [1.165, 1.54) is 16.8 Å². The zero-order valence-electron chi connectivity index (χ0n) is 7.34. The molecule has 0 fully saturated rings. The lowest BCUT2D eigenvalue weighted by atomic mass is 10.3. The van der Waals surface area contributed by atoms with Crippen molar-refractivity contribution in [3.8, 4) is 10.6 Å². The highest BCUT2D eigenvalue weighted by atomic mass is 32.1. The van der Waals surface area contributed by atoms with Gasteiger partial charge in [0.2, 0.25) is 0 Å². The highest BCUT2D eigenvalue weighted by molar-refractivity contribution is 7.13. The molecule has 0 aliphatic carbocycles. The van der Waals surface area contributed by atoms with Crippen molar-refractivity contribution in [2.24, 2.45) is 7.05 Å². The van der Waals surface area contributed by atoms with E-state index < -0.39 is 5.97 Å².